The van der Waals surface area contributed by atoms with E-state index in [1.165, 1.54) is 11.1 Å². The van der Waals surface area contributed by atoms with Crippen LogP contribution in [0.3, 0.4) is 0 Å². The lowest BCUT2D eigenvalue weighted by Crippen LogP contribution is -2.57. The second-order valence-electron chi connectivity index (χ2n) is 7.65. The normalized spacial score (nSPS) is 23.0. The number of amides is 1. The number of carboxylic acids is 1. The van der Waals surface area contributed by atoms with Crippen molar-refractivity contribution in [3.63, 3.8) is 0 Å². The SMILES string of the molecule is CC(C)CC[C@@]1(C(=O)O)CN(C(=O)c2cccc3nccnc23)CC[C@H]1O. The third-order valence-corrected chi connectivity index (χ3v) is 5.39. The topological polar surface area (TPSA) is 104 Å². The molecule has 7 nitrogen and oxygen atoms in total. The molecular weight excluding hydrogens is 346 g/mol. The molecule has 2 heterocycles. The number of benzene rings is 1. The molecule has 0 aliphatic carbocycles. The van der Waals surface area contributed by atoms with Crippen LogP contribution in [0.1, 0.15) is 43.5 Å². The summed E-state index contributed by atoms with van der Waals surface area (Å²) in [5, 5.41) is 20.4. The van der Waals surface area contributed by atoms with Crippen molar-refractivity contribution in [1.29, 1.82) is 0 Å². The number of aliphatic carboxylic acids is 1. The van der Waals surface area contributed by atoms with Crippen molar-refractivity contribution >= 4 is 22.9 Å². The van der Waals surface area contributed by atoms with Crippen LogP contribution in [0.25, 0.3) is 11.0 Å². The van der Waals surface area contributed by atoms with Gasteiger partial charge in [0.25, 0.3) is 5.91 Å². The number of hydrogen-bond donors (Lipinski definition) is 2. The molecule has 7 heteroatoms. The van der Waals surface area contributed by atoms with E-state index < -0.39 is 17.5 Å². The lowest BCUT2D eigenvalue weighted by atomic mass is 9.72. The molecule has 1 aromatic carbocycles. The number of carboxylic acid groups (broad SMARTS) is 1. The Morgan fingerprint density at radius 2 is 2.04 bits per heavy atom. The van der Waals surface area contributed by atoms with Gasteiger partial charge >= 0.3 is 5.97 Å². The van der Waals surface area contributed by atoms with Crippen molar-refractivity contribution in [3.05, 3.63) is 36.2 Å². The molecular formula is C20H25N3O4. The van der Waals surface area contributed by atoms with Gasteiger partial charge in [0, 0.05) is 25.5 Å². The predicted molar refractivity (Wildman–Crippen MR) is 100 cm³/mol. The molecule has 1 aromatic heterocycles. The van der Waals surface area contributed by atoms with Crippen molar-refractivity contribution < 1.29 is 19.8 Å². The summed E-state index contributed by atoms with van der Waals surface area (Å²) in [6, 6.07) is 5.20. The first kappa shape index (κ1) is 19.2. The third kappa shape index (κ3) is 3.64. The summed E-state index contributed by atoms with van der Waals surface area (Å²) in [6.45, 7) is 4.34. The van der Waals surface area contributed by atoms with Gasteiger partial charge in [-0.2, -0.15) is 0 Å². The Hall–Kier alpha value is -2.54. The quantitative estimate of drug-likeness (QED) is 0.836. The van der Waals surface area contributed by atoms with E-state index >= 15 is 0 Å². The summed E-state index contributed by atoms with van der Waals surface area (Å²) >= 11 is 0. The number of carbonyl (C=O) groups is 2. The molecule has 1 aliphatic rings. The van der Waals surface area contributed by atoms with E-state index in [4.69, 9.17) is 0 Å². The second-order valence-corrected chi connectivity index (χ2v) is 7.65. The maximum absolute atomic E-state index is 13.2. The standard InChI is InChI=1S/C20H25N3O4/c1-13(2)6-8-20(19(26)27)12-23(11-7-16(20)24)18(25)14-4-3-5-15-17(14)22-10-9-21-15/h3-5,9-10,13,16,24H,6-8,11-12H2,1-2H3,(H,26,27)/t16-,20-/m1/s1. The number of rotatable bonds is 5. The fraction of sp³-hybridized carbons (Fsp3) is 0.500. The number of aliphatic hydroxyl groups excluding tert-OH is 1. The summed E-state index contributed by atoms with van der Waals surface area (Å²) in [7, 11) is 0. The van der Waals surface area contributed by atoms with Crippen molar-refractivity contribution in [3.8, 4) is 0 Å². The van der Waals surface area contributed by atoms with Crippen molar-refractivity contribution in [2.45, 2.75) is 39.2 Å². The van der Waals surface area contributed by atoms with Gasteiger partial charge in [-0.25, -0.2) is 0 Å². The average molecular weight is 371 g/mol. The zero-order valence-corrected chi connectivity index (χ0v) is 15.6. The van der Waals surface area contributed by atoms with Crippen molar-refractivity contribution in [2.75, 3.05) is 13.1 Å². The molecule has 1 saturated heterocycles. The Balaban J connectivity index is 1.92. The fourth-order valence-corrected chi connectivity index (χ4v) is 3.70. The molecule has 3 rings (SSSR count). The predicted octanol–water partition coefficient (Wildman–Crippen LogP) is 2.34. The molecule has 2 atom stereocenters. The molecule has 144 valence electrons. The summed E-state index contributed by atoms with van der Waals surface area (Å²) < 4.78 is 0. The van der Waals surface area contributed by atoms with E-state index in [2.05, 4.69) is 9.97 Å². The highest BCUT2D eigenvalue weighted by Crippen LogP contribution is 2.37. The minimum Gasteiger partial charge on any atom is -0.481 e. The molecule has 1 fully saturated rings. The molecule has 0 radical (unpaired) electrons. The van der Waals surface area contributed by atoms with Crippen LogP contribution in [-0.2, 0) is 4.79 Å². The fourth-order valence-electron chi connectivity index (χ4n) is 3.70. The second kappa shape index (κ2) is 7.60. The van der Waals surface area contributed by atoms with E-state index in [0.717, 1.165) is 0 Å². The maximum Gasteiger partial charge on any atom is 0.314 e. The van der Waals surface area contributed by atoms with Crippen LogP contribution in [-0.4, -0.2) is 56.2 Å². The lowest BCUT2D eigenvalue weighted by molar-refractivity contribution is -0.163. The van der Waals surface area contributed by atoms with Crippen LogP contribution in [0.4, 0.5) is 0 Å². The molecule has 1 aliphatic heterocycles. The molecule has 0 spiro atoms. The Bertz CT molecular complexity index is 849. The lowest BCUT2D eigenvalue weighted by Gasteiger charge is -2.43. The molecule has 0 bridgehead atoms. The minimum atomic E-state index is -1.34. The number of hydrogen-bond acceptors (Lipinski definition) is 5. The molecule has 2 aromatic rings. The summed E-state index contributed by atoms with van der Waals surface area (Å²) in [5.74, 6) is -1.01. The average Bonchev–Trinajstić information content (AvgIpc) is 2.66. The first-order valence-corrected chi connectivity index (χ1v) is 9.25. The van der Waals surface area contributed by atoms with Crippen LogP contribution < -0.4 is 0 Å². The van der Waals surface area contributed by atoms with E-state index in [1.54, 1.807) is 24.4 Å². The third-order valence-electron chi connectivity index (χ3n) is 5.39. The zero-order valence-electron chi connectivity index (χ0n) is 15.6. The number of aliphatic hydroxyl groups is 1. The highest BCUT2D eigenvalue weighted by molar-refractivity contribution is 6.04. The number of nitrogens with zero attached hydrogens (tertiary/aromatic N) is 3. The van der Waals surface area contributed by atoms with E-state index in [1.807, 2.05) is 13.8 Å². The van der Waals surface area contributed by atoms with E-state index in [0.29, 0.717) is 41.9 Å². The van der Waals surface area contributed by atoms with Crippen molar-refractivity contribution in [2.24, 2.45) is 11.3 Å². The van der Waals surface area contributed by atoms with E-state index in [9.17, 15) is 19.8 Å². The molecule has 0 unspecified atom stereocenters. The number of piperidine rings is 1. The number of aromatic nitrogens is 2. The van der Waals surface area contributed by atoms with Crippen LogP contribution in [0.2, 0.25) is 0 Å². The largest absolute Gasteiger partial charge is 0.481 e. The van der Waals surface area contributed by atoms with Crippen LogP contribution in [0.5, 0.6) is 0 Å². The number of carbonyl (C=O) groups excluding carboxylic acids is 1. The summed E-state index contributed by atoms with van der Waals surface area (Å²) in [6.07, 6.45) is 3.38. The first-order valence-electron chi connectivity index (χ1n) is 9.25. The molecule has 0 saturated carbocycles. The van der Waals surface area contributed by atoms with Gasteiger partial charge in [-0.05, 0) is 37.3 Å². The Labute approximate surface area is 158 Å². The number of para-hydroxylation sites is 1. The highest BCUT2D eigenvalue weighted by Gasteiger charge is 2.50. The number of likely N-dealkylation sites (tertiary alicyclic amines) is 1. The Kier molecular flexibility index (Phi) is 5.41. The molecule has 1 amide bonds. The Morgan fingerprint density at radius 1 is 1.30 bits per heavy atom. The van der Waals surface area contributed by atoms with E-state index in [-0.39, 0.29) is 18.9 Å². The maximum atomic E-state index is 13.2. The van der Waals surface area contributed by atoms with Gasteiger partial charge in [0.1, 0.15) is 10.9 Å². The van der Waals surface area contributed by atoms with Gasteiger partial charge in [-0.15, -0.1) is 0 Å². The van der Waals surface area contributed by atoms with Gasteiger partial charge in [0.2, 0.25) is 0 Å². The van der Waals surface area contributed by atoms with Gasteiger partial charge in [-0.3, -0.25) is 19.6 Å². The molecule has 27 heavy (non-hydrogen) atoms. The van der Waals surface area contributed by atoms with Crippen molar-refractivity contribution in [1.82, 2.24) is 14.9 Å². The van der Waals surface area contributed by atoms with Gasteiger partial charge in [-0.1, -0.05) is 19.9 Å². The first-order chi connectivity index (χ1) is 12.8. The summed E-state index contributed by atoms with van der Waals surface area (Å²) in [5.41, 5.74) is 0.179. The van der Waals surface area contributed by atoms with Gasteiger partial charge in [0.05, 0.1) is 17.2 Å². The van der Waals surface area contributed by atoms with Crippen LogP contribution in [0, 0.1) is 11.3 Å². The smallest absolute Gasteiger partial charge is 0.314 e. The summed E-state index contributed by atoms with van der Waals surface area (Å²) in [4.78, 5) is 35.3. The minimum absolute atomic E-state index is 0.00823. The van der Waals surface area contributed by atoms with Crippen LogP contribution in [0.15, 0.2) is 30.6 Å². The molecule has 2 N–H and O–H groups in total. The van der Waals surface area contributed by atoms with Gasteiger partial charge < -0.3 is 15.1 Å². The number of fused-ring (bicyclic) bond motifs is 1. The monoisotopic (exact) mass is 371 g/mol. The highest BCUT2D eigenvalue weighted by atomic mass is 16.4. The zero-order chi connectivity index (χ0) is 19.6. The Morgan fingerprint density at radius 3 is 2.74 bits per heavy atom. The van der Waals surface area contributed by atoms with Gasteiger partial charge in [0.15, 0.2) is 0 Å². The van der Waals surface area contributed by atoms with Crippen LogP contribution >= 0.6 is 0 Å².